The quantitative estimate of drug-likeness (QED) is 0.401. The molecule has 0 aliphatic rings. The number of rotatable bonds is 8. The molecule has 0 aromatic heterocycles. The molecule has 0 aromatic rings. The summed E-state index contributed by atoms with van der Waals surface area (Å²) in [5.74, 6) is 10.3. The van der Waals surface area contributed by atoms with Gasteiger partial charge in [0, 0.05) is 0 Å². The Morgan fingerprint density at radius 1 is 0.947 bits per heavy atom. The molecule has 0 aromatic carbocycles. The van der Waals surface area contributed by atoms with Gasteiger partial charge in [0.15, 0.2) is 0 Å². The molecule has 2 heteroatoms. The van der Waals surface area contributed by atoms with E-state index in [1.54, 1.807) is 6.08 Å². The first-order chi connectivity index (χ1) is 9.20. The van der Waals surface area contributed by atoms with Crippen molar-refractivity contribution in [2.75, 3.05) is 0 Å². The van der Waals surface area contributed by atoms with E-state index in [-0.39, 0.29) is 0 Å². The van der Waals surface area contributed by atoms with Crippen molar-refractivity contribution in [1.29, 1.82) is 0 Å². The third kappa shape index (κ3) is 13.0. The van der Waals surface area contributed by atoms with Crippen molar-refractivity contribution in [1.82, 2.24) is 0 Å². The van der Waals surface area contributed by atoms with Crippen molar-refractivity contribution in [3.8, 4) is 23.7 Å². The summed E-state index contributed by atoms with van der Waals surface area (Å²) in [5, 5.41) is 18.7. The average Bonchev–Trinajstić information content (AvgIpc) is 2.42. The van der Waals surface area contributed by atoms with Crippen LogP contribution < -0.4 is 0 Å². The lowest BCUT2D eigenvalue weighted by Crippen LogP contribution is -1.99. The Kier molecular flexibility index (Phi) is 12.4. The van der Waals surface area contributed by atoms with Crippen LogP contribution in [0.4, 0.5) is 0 Å². The second kappa shape index (κ2) is 13.2. The van der Waals surface area contributed by atoms with Crippen LogP contribution in [0.15, 0.2) is 12.2 Å². The summed E-state index contributed by atoms with van der Waals surface area (Å²) in [6, 6.07) is 0. The van der Waals surface area contributed by atoms with Crippen molar-refractivity contribution >= 4 is 0 Å². The number of hydrogen-bond donors (Lipinski definition) is 2. The smallest absolute Gasteiger partial charge is 0.134 e. The highest BCUT2D eigenvalue weighted by atomic mass is 16.3. The van der Waals surface area contributed by atoms with E-state index in [9.17, 15) is 5.11 Å². The molecule has 0 saturated carbocycles. The first kappa shape index (κ1) is 17.8. The fraction of sp³-hybridized carbons (Fsp3) is 0.647. The maximum absolute atomic E-state index is 9.52. The number of hydrogen-bond acceptors (Lipinski definition) is 2. The van der Waals surface area contributed by atoms with Gasteiger partial charge in [-0.05, 0) is 37.2 Å². The second-order valence-corrected chi connectivity index (χ2v) is 4.54. The molecule has 2 nitrogen and oxygen atoms in total. The van der Waals surface area contributed by atoms with Crippen LogP contribution in [0, 0.1) is 23.7 Å². The Morgan fingerprint density at radius 2 is 1.63 bits per heavy atom. The summed E-state index contributed by atoms with van der Waals surface area (Å²) in [6.07, 6.45) is 10.1. The SMILES string of the molecule is CCCCCCCC=C[C@H](O)C#CC#C[C@@H](O)CC. The van der Waals surface area contributed by atoms with E-state index in [0.29, 0.717) is 6.42 Å². The normalized spacial score (nSPS) is 13.3. The van der Waals surface area contributed by atoms with Crippen LogP contribution in [0.1, 0.15) is 58.8 Å². The molecule has 0 aliphatic heterocycles. The maximum Gasteiger partial charge on any atom is 0.134 e. The average molecular weight is 262 g/mol. The van der Waals surface area contributed by atoms with Gasteiger partial charge in [-0.2, -0.15) is 0 Å². The van der Waals surface area contributed by atoms with Gasteiger partial charge in [0.05, 0.1) is 0 Å². The number of aliphatic hydroxyl groups excluding tert-OH is 2. The minimum atomic E-state index is -0.760. The molecule has 0 spiro atoms. The molecule has 0 amide bonds. The largest absolute Gasteiger partial charge is 0.380 e. The fourth-order valence-corrected chi connectivity index (χ4v) is 1.47. The summed E-state index contributed by atoms with van der Waals surface area (Å²) < 4.78 is 0. The van der Waals surface area contributed by atoms with Gasteiger partial charge in [-0.3, -0.25) is 0 Å². The van der Waals surface area contributed by atoms with E-state index < -0.39 is 12.2 Å². The molecule has 0 aliphatic carbocycles. The third-order valence-corrected chi connectivity index (χ3v) is 2.70. The zero-order chi connectivity index (χ0) is 14.3. The maximum atomic E-state index is 9.52. The van der Waals surface area contributed by atoms with Crippen LogP contribution in [-0.4, -0.2) is 22.4 Å². The molecule has 0 radical (unpaired) electrons. The molecule has 0 fully saturated rings. The van der Waals surface area contributed by atoms with E-state index in [0.717, 1.165) is 6.42 Å². The first-order valence-electron chi connectivity index (χ1n) is 7.24. The van der Waals surface area contributed by atoms with Crippen LogP contribution in [0.5, 0.6) is 0 Å². The van der Waals surface area contributed by atoms with Crippen molar-refractivity contribution < 1.29 is 10.2 Å². The van der Waals surface area contributed by atoms with Crippen molar-refractivity contribution in [3.05, 3.63) is 12.2 Å². The summed E-state index contributed by atoms with van der Waals surface area (Å²) in [7, 11) is 0. The Labute approximate surface area is 117 Å². The zero-order valence-electron chi connectivity index (χ0n) is 12.2. The summed E-state index contributed by atoms with van der Waals surface area (Å²) >= 11 is 0. The third-order valence-electron chi connectivity index (χ3n) is 2.70. The summed E-state index contributed by atoms with van der Waals surface area (Å²) in [5.41, 5.74) is 0. The van der Waals surface area contributed by atoms with Gasteiger partial charge >= 0.3 is 0 Å². The van der Waals surface area contributed by atoms with E-state index >= 15 is 0 Å². The van der Waals surface area contributed by atoms with Crippen molar-refractivity contribution in [2.45, 2.75) is 71.0 Å². The van der Waals surface area contributed by atoms with Crippen LogP contribution in [0.25, 0.3) is 0 Å². The number of aliphatic hydroxyl groups is 2. The van der Waals surface area contributed by atoms with Crippen LogP contribution >= 0.6 is 0 Å². The van der Waals surface area contributed by atoms with Crippen molar-refractivity contribution in [2.24, 2.45) is 0 Å². The molecule has 0 saturated heterocycles. The Hall–Kier alpha value is -1.22. The van der Waals surface area contributed by atoms with Gasteiger partial charge in [0.2, 0.25) is 0 Å². The minimum absolute atomic E-state index is 0.592. The molecular weight excluding hydrogens is 236 g/mol. The van der Waals surface area contributed by atoms with Crippen LogP contribution in [0.3, 0.4) is 0 Å². The first-order valence-corrected chi connectivity index (χ1v) is 7.24. The predicted molar refractivity (Wildman–Crippen MR) is 80.4 cm³/mol. The lowest BCUT2D eigenvalue weighted by Gasteiger charge is -1.97. The molecule has 0 heterocycles. The molecule has 2 atom stereocenters. The molecule has 19 heavy (non-hydrogen) atoms. The van der Waals surface area contributed by atoms with Gasteiger partial charge in [-0.25, -0.2) is 0 Å². The van der Waals surface area contributed by atoms with Gasteiger partial charge in [-0.1, -0.05) is 57.4 Å². The molecular formula is C17H26O2. The second-order valence-electron chi connectivity index (χ2n) is 4.54. The van der Waals surface area contributed by atoms with Crippen molar-refractivity contribution in [3.63, 3.8) is 0 Å². The minimum Gasteiger partial charge on any atom is -0.380 e. The van der Waals surface area contributed by atoms with Crippen LogP contribution in [0.2, 0.25) is 0 Å². The summed E-state index contributed by atoms with van der Waals surface area (Å²) in [4.78, 5) is 0. The lowest BCUT2D eigenvalue weighted by molar-refractivity contribution is 0.228. The van der Waals surface area contributed by atoms with Gasteiger partial charge in [0.1, 0.15) is 12.2 Å². The monoisotopic (exact) mass is 262 g/mol. The standard InChI is InChI=1S/C17H26O2/c1-3-5-6-7-8-9-10-14-17(19)15-12-11-13-16(18)4-2/h10,14,16-19H,3-9H2,1-2H3/t16-,17-/m0/s1. The summed E-state index contributed by atoms with van der Waals surface area (Å²) in [6.45, 7) is 4.06. The molecule has 0 rings (SSSR count). The Morgan fingerprint density at radius 3 is 2.32 bits per heavy atom. The van der Waals surface area contributed by atoms with E-state index in [4.69, 9.17) is 5.11 Å². The molecule has 2 N–H and O–H groups in total. The van der Waals surface area contributed by atoms with Gasteiger partial charge in [0.25, 0.3) is 0 Å². The fourth-order valence-electron chi connectivity index (χ4n) is 1.47. The Balaban J connectivity index is 3.75. The molecule has 0 bridgehead atoms. The van der Waals surface area contributed by atoms with E-state index in [1.807, 2.05) is 13.0 Å². The van der Waals surface area contributed by atoms with Gasteiger partial charge < -0.3 is 10.2 Å². The van der Waals surface area contributed by atoms with E-state index in [2.05, 4.69) is 30.6 Å². The zero-order valence-corrected chi connectivity index (χ0v) is 12.2. The topological polar surface area (TPSA) is 40.5 Å². The highest BCUT2D eigenvalue weighted by Gasteiger charge is 1.91. The number of unbranched alkanes of at least 4 members (excludes halogenated alkanes) is 5. The lowest BCUT2D eigenvalue weighted by atomic mass is 10.1. The van der Waals surface area contributed by atoms with Crippen LogP contribution in [-0.2, 0) is 0 Å². The molecule has 106 valence electrons. The Bertz CT molecular complexity index is 349. The highest BCUT2D eigenvalue weighted by molar-refractivity contribution is 5.29. The highest BCUT2D eigenvalue weighted by Crippen LogP contribution is 2.05. The van der Waals surface area contributed by atoms with Gasteiger partial charge in [-0.15, -0.1) is 0 Å². The number of allylic oxidation sites excluding steroid dienone is 1. The van der Waals surface area contributed by atoms with E-state index in [1.165, 1.54) is 32.1 Å². The molecule has 0 unspecified atom stereocenters. The predicted octanol–water partition coefficient (Wildman–Crippen LogP) is 3.04.